The highest BCUT2D eigenvalue weighted by atomic mass is 16.2. The Hall–Kier alpha value is -1.63. The number of hydrogen-bond acceptors (Lipinski definition) is 5. The monoisotopic (exact) mass is 213 g/mol. The molecule has 0 saturated heterocycles. The summed E-state index contributed by atoms with van der Waals surface area (Å²) < 4.78 is 0. The van der Waals surface area contributed by atoms with Crippen LogP contribution in [0.2, 0.25) is 0 Å². The van der Waals surface area contributed by atoms with Gasteiger partial charge in [-0.2, -0.15) is 0 Å². The van der Waals surface area contributed by atoms with Gasteiger partial charge in [0, 0.05) is 6.04 Å². The molecule has 0 fully saturated rings. The number of anilines is 1. The van der Waals surface area contributed by atoms with Crippen LogP contribution in [0.1, 0.15) is 19.8 Å². The molecule has 0 bridgehead atoms. The van der Waals surface area contributed by atoms with Gasteiger partial charge in [0.15, 0.2) is 0 Å². The van der Waals surface area contributed by atoms with Crippen LogP contribution in [0.4, 0.5) is 5.82 Å². The zero-order valence-corrected chi connectivity index (χ0v) is 8.54. The van der Waals surface area contributed by atoms with E-state index in [2.05, 4.69) is 20.5 Å². The van der Waals surface area contributed by atoms with Gasteiger partial charge in [-0.3, -0.25) is 9.78 Å². The first kappa shape index (κ1) is 11.4. The van der Waals surface area contributed by atoms with Crippen LogP contribution in [0.25, 0.3) is 0 Å². The van der Waals surface area contributed by atoms with Crippen molar-refractivity contribution in [3.63, 3.8) is 0 Å². The minimum atomic E-state index is -0.611. The zero-order chi connectivity index (χ0) is 11.3. The third-order valence-electron chi connectivity index (χ3n) is 1.94. The number of nitrogens with zero attached hydrogens (tertiary/aromatic N) is 1. The van der Waals surface area contributed by atoms with E-state index >= 15 is 0 Å². The van der Waals surface area contributed by atoms with Crippen LogP contribution < -0.4 is 22.3 Å². The van der Waals surface area contributed by atoms with E-state index in [9.17, 15) is 9.59 Å². The van der Waals surface area contributed by atoms with Crippen molar-refractivity contribution in [1.82, 2.24) is 15.2 Å². The molecule has 84 valence electrons. The van der Waals surface area contributed by atoms with Crippen molar-refractivity contribution in [2.75, 3.05) is 11.9 Å². The van der Waals surface area contributed by atoms with Gasteiger partial charge >= 0.3 is 5.69 Å². The number of hydrogen-bond donors (Lipinski definition) is 4. The Morgan fingerprint density at radius 3 is 2.87 bits per heavy atom. The summed E-state index contributed by atoms with van der Waals surface area (Å²) in [6, 6.07) is 0.0908. The summed E-state index contributed by atoms with van der Waals surface area (Å²) in [5.41, 5.74) is 4.23. The lowest BCUT2D eigenvalue weighted by Crippen LogP contribution is -2.29. The van der Waals surface area contributed by atoms with Gasteiger partial charge in [-0.05, 0) is 26.3 Å². The van der Waals surface area contributed by atoms with Gasteiger partial charge in [0.05, 0.1) is 0 Å². The maximum absolute atomic E-state index is 11.2. The van der Waals surface area contributed by atoms with E-state index in [1.54, 1.807) is 0 Å². The number of nitrogens with one attached hydrogen (secondary N) is 3. The Labute approximate surface area is 86.1 Å². The topological polar surface area (TPSA) is 117 Å². The third kappa shape index (κ3) is 3.55. The van der Waals surface area contributed by atoms with Gasteiger partial charge in [0.1, 0.15) is 0 Å². The number of nitrogens with two attached hydrogens (primary N) is 1. The molecule has 1 rings (SSSR count). The summed E-state index contributed by atoms with van der Waals surface area (Å²) in [5.74, 6) is 0.124. The van der Waals surface area contributed by atoms with E-state index in [0.717, 1.165) is 12.8 Å². The summed E-state index contributed by atoms with van der Waals surface area (Å²) in [4.78, 5) is 24.0. The van der Waals surface area contributed by atoms with Crippen LogP contribution in [0, 0.1) is 0 Å². The highest BCUT2D eigenvalue weighted by Gasteiger charge is 2.06. The maximum atomic E-state index is 11.2. The summed E-state index contributed by atoms with van der Waals surface area (Å²) in [6.45, 7) is 2.53. The van der Waals surface area contributed by atoms with Crippen LogP contribution in [-0.4, -0.2) is 27.8 Å². The minimum Gasteiger partial charge on any atom is -0.362 e. The van der Waals surface area contributed by atoms with Crippen LogP contribution >= 0.6 is 0 Å². The standard InChI is InChI=1S/C8H15N5O2/c1-5(3-2-4-9)10-6-7(14)11-8(15)13-12-6/h5H,2-4,9H2,1H3,(H,10,12)(H2,11,13,14,15). The Morgan fingerprint density at radius 1 is 1.53 bits per heavy atom. The normalized spacial score (nSPS) is 12.4. The van der Waals surface area contributed by atoms with Gasteiger partial charge in [-0.15, -0.1) is 5.10 Å². The van der Waals surface area contributed by atoms with E-state index in [0.29, 0.717) is 6.54 Å². The van der Waals surface area contributed by atoms with Crippen LogP contribution in [0.15, 0.2) is 9.59 Å². The fourth-order valence-electron chi connectivity index (χ4n) is 1.18. The fraction of sp³-hybridized carbons (Fsp3) is 0.625. The number of aromatic amines is 2. The Kier molecular flexibility index (Phi) is 4.04. The molecule has 7 heteroatoms. The minimum absolute atomic E-state index is 0.0908. The molecule has 0 spiro atoms. The fourth-order valence-corrected chi connectivity index (χ4v) is 1.18. The van der Waals surface area contributed by atoms with Crippen molar-refractivity contribution in [2.45, 2.75) is 25.8 Å². The molecule has 5 N–H and O–H groups in total. The first-order chi connectivity index (χ1) is 7.13. The number of aromatic nitrogens is 3. The maximum Gasteiger partial charge on any atom is 0.342 e. The molecule has 1 aromatic rings. The lowest BCUT2D eigenvalue weighted by Gasteiger charge is -2.12. The first-order valence-electron chi connectivity index (χ1n) is 4.79. The second kappa shape index (κ2) is 5.30. The van der Waals surface area contributed by atoms with Gasteiger partial charge in [-0.25, -0.2) is 9.89 Å². The second-order valence-electron chi connectivity index (χ2n) is 3.33. The highest BCUT2D eigenvalue weighted by Crippen LogP contribution is 2.00. The van der Waals surface area contributed by atoms with Crippen molar-refractivity contribution in [1.29, 1.82) is 0 Å². The Balaban J connectivity index is 2.64. The van der Waals surface area contributed by atoms with Crippen LogP contribution in [-0.2, 0) is 0 Å². The molecule has 0 aromatic carbocycles. The zero-order valence-electron chi connectivity index (χ0n) is 8.54. The molecule has 0 saturated carbocycles. The summed E-state index contributed by atoms with van der Waals surface area (Å²) in [6.07, 6.45) is 1.71. The molecule has 0 amide bonds. The van der Waals surface area contributed by atoms with E-state index in [4.69, 9.17) is 5.73 Å². The smallest absolute Gasteiger partial charge is 0.342 e. The molecule has 0 aliphatic rings. The molecule has 0 radical (unpaired) electrons. The molecule has 1 atom stereocenters. The lowest BCUT2D eigenvalue weighted by molar-refractivity contribution is 0.656. The van der Waals surface area contributed by atoms with Crippen molar-refractivity contribution in [2.24, 2.45) is 5.73 Å². The van der Waals surface area contributed by atoms with E-state index < -0.39 is 11.2 Å². The molecule has 1 aromatic heterocycles. The second-order valence-corrected chi connectivity index (χ2v) is 3.33. The van der Waals surface area contributed by atoms with Crippen molar-refractivity contribution in [3.8, 4) is 0 Å². The predicted octanol–water partition coefficient (Wildman–Crippen LogP) is -1.00. The Morgan fingerprint density at radius 2 is 2.27 bits per heavy atom. The van der Waals surface area contributed by atoms with Gasteiger partial charge in [0.2, 0.25) is 5.82 Å². The summed E-state index contributed by atoms with van der Waals surface area (Å²) in [7, 11) is 0. The third-order valence-corrected chi connectivity index (χ3v) is 1.94. The molecular formula is C8H15N5O2. The predicted molar refractivity (Wildman–Crippen MR) is 56.9 cm³/mol. The summed E-state index contributed by atoms with van der Waals surface area (Å²) >= 11 is 0. The van der Waals surface area contributed by atoms with Crippen molar-refractivity contribution >= 4 is 5.82 Å². The first-order valence-corrected chi connectivity index (χ1v) is 4.79. The van der Waals surface area contributed by atoms with Crippen molar-refractivity contribution in [3.05, 3.63) is 20.8 Å². The average Bonchev–Trinajstić information content (AvgIpc) is 2.19. The van der Waals surface area contributed by atoms with Gasteiger partial charge < -0.3 is 11.1 Å². The van der Waals surface area contributed by atoms with Gasteiger partial charge in [0.25, 0.3) is 5.56 Å². The number of rotatable bonds is 5. The lowest BCUT2D eigenvalue weighted by atomic mass is 10.2. The molecular weight excluding hydrogens is 198 g/mol. The largest absolute Gasteiger partial charge is 0.362 e. The van der Waals surface area contributed by atoms with Crippen LogP contribution in [0.5, 0.6) is 0 Å². The SMILES string of the molecule is CC(CCCN)Nc1n[nH]c(=O)[nH]c1=O. The average molecular weight is 213 g/mol. The van der Waals surface area contributed by atoms with Gasteiger partial charge in [-0.1, -0.05) is 0 Å². The molecule has 1 unspecified atom stereocenters. The van der Waals surface area contributed by atoms with E-state index in [-0.39, 0.29) is 11.9 Å². The van der Waals surface area contributed by atoms with Crippen molar-refractivity contribution < 1.29 is 0 Å². The summed E-state index contributed by atoms with van der Waals surface area (Å²) in [5, 5.41) is 8.65. The quantitative estimate of drug-likeness (QED) is 0.500. The van der Waals surface area contributed by atoms with E-state index in [1.165, 1.54) is 0 Å². The molecule has 15 heavy (non-hydrogen) atoms. The van der Waals surface area contributed by atoms with E-state index in [1.807, 2.05) is 6.92 Å². The Bertz CT molecular complexity index is 410. The molecule has 0 aliphatic carbocycles. The number of H-pyrrole nitrogens is 2. The highest BCUT2D eigenvalue weighted by molar-refractivity contribution is 5.29. The molecule has 7 nitrogen and oxygen atoms in total. The van der Waals surface area contributed by atoms with Crippen LogP contribution in [0.3, 0.4) is 0 Å². The molecule has 0 aliphatic heterocycles. The molecule has 1 heterocycles.